The van der Waals surface area contributed by atoms with Gasteiger partial charge in [-0.3, -0.25) is 4.79 Å². The predicted octanol–water partition coefficient (Wildman–Crippen LogP) is 2.45. The molecule has 0 aromatic heterocycles. The number of amides is 1. The minimum atomic E-state index is -0.172. The lowest BCUT2D eigenvalue weighted by Crippen LogP contribution is -2.44. The lowest BCUT2D eigenvalue weighted by molar-refractivity contribution is -0.0697. The quantitative estimate of drug-likeness (QED) is 0.704. The summed E-state index contributed by atoms with van der Waals surface area (Å²) in [4.78, 5) is 11.9. The summed E-state index contributed by atoms with van der Waals surface area (Å²) in [6, 6.07) is 6.69. The SMILES string of the molecule is CC1(C)C[C@H](NCCCNC(=O)c2cccc(O)c2)C(C)(C)O1. The van der Waals surface area contributed by atoms with Crippen LogP contribution in [0.25, 0.3) is 0 Å². The van der Waals surface area contributed by atoms with E-state index in [2.05, 4.69) is 38.3 Å². The summed E-state index contributed by atoms with van der Waals surface area (Å²) >= 11 is 0. The Bertz CT molecular complexity index is 555. The van der Waals surface area contributed by atoms with Crippen LogP contribution in [0.2, 0.25) is 0 Å². The lowest BCUT2D eigenvalue weighted by atomic mass is 9.94. The van der Waals surface area contributed by atoms with E-state index in [4.69, 9.17) is 4.74 Å². The van der Waals surface area contributed by atoms with Gasteiger partial charge < -0.3 is 20.5 Å². The number of carbonyl (C=O) groups is 1. The van der Waals surface area contributed by atoms with E-state index in [0.29, 0.717) is 18.2 Å². The predicted molar refractivity (Wildman–Crippen MR) is 90.7 cm³/mol. The zero-order chi connectivity index (χ0) is 17.1. The van der Waals surface area contributed by atoms with E-state index < -0.39 is 0 Å². The molecule has 0 radical (unpaired) electrons. The number of phenolic OH excluding ortho intramolecular Hbond substituents is 1. The molecule has 1 aliphatic rings. The van der Waals surface area contributed by atoms with Crippen LogP contribution in [0.5, 0.6) is 5.75 Å². The van der Waals surface area contributed by atoms with Crippen molar-refractivity contribution in [2.45, 2.75) is 57.8 Å². The first kappa shape index (κ1) is 17.8. The zero-order valence-corrected chi connectivity index (χ0v) is 14.5. The third kappa shape index (κ3) is 4.94. The van der Waals surface area contributed by atoms with Gasteiger partial charge in [0.15, 0.2) is 0 Å². The van der Waals surface area contributed by atoms with Crippen LogP contribution in [0.3, 0.4) is 0 Å². The highest BCUT2D eigenvalue weighted by molar-refractivity contribution is 5.94. The van der Waals surface area contributed by atoms with E-state index in [1.165, 1.54) is 6.07 Å². The van der Waals surface area contributed by atoms with Gasteiger partial charge in [0.1, 0.15) is 5.75 Å². The summed E-state index contributed by atoms with van der Waals surface area (Å²) in [5.74, 6) is -0.0584. The molecule has 1 aliphatic heterocycles. The van der Waals surface area contributed by atoms with Crippen molar-refractivity contribution in [1.82, 2.24) is 10.6 Å². The summed E-state index contributed by atoms with van der Waals surface area (Å²) in [6.45, 7) is 9.89. The molecule has 0 saturated carbocycles. The number of nitrogens with one attached hydrogen (secondary N) is 2. The molecule has 23 heavy (non-hydrogen) atoms. The van der Waals surface area contributed by atoms with Gasteiger partial charge in [0.2, 0.25) is 0 Å². The Kier molecular flexibility index (Phi) is 5.32. The van der Waals surface area contributed by atoms with Gasteiger partial charge in [-0.1, -0.05) is 6.07 Å². The molecule has 128 valence electrons. The highest BCUT2D eigenvalue weighted by atomic mass is 16.5. The molecule has 0 aliphatic carbocycles. The van der Waals surface area contributed by atoms with Crippen molar-refractivity contribution < 1.29 is 14.6 Å². The van der Waals surface area contributed by atoms with Crippen molar-refractivity contribution in [3.05, 3.63) is 29.8 Å². The van der Waals surface area contributed by atoms with E-state index in [-0.39, 0.29) is 22.9 Å². The smallest absolute Gasteiger partial charge is 0.251 e. The Hall–Kier alpha value is -1.59. The first-order valence-corrected chi connectivity index (χ1v) is 8.20. The molecular formula is C18H28N2O3. The van der Waals surface area contributed by atoms with Crippen molar-refractivity contribution in [3.8, 4) is 5.75 Å². The third-order valence-corrected chi connectivity index (χ3v) is 4.21. The average Bonchev–Trinajstić information content (AvgIpc) is 2.65. The maximum atomic E-state index is 11.9. The van der Waals surface area contributed by atoms with Crippen molar-refractivity contribution in [3.63, 3.8) is 0 Å². The summed E-state index contributed by atoms with van der Waals surface area (Å²) in [6.07, 6.45) is 1.83. The van der Waals surface area contributed by atoms with Crippen molar-refractivity contribution >= 4 is 5.91 Å². The van der Waals surface area contributed by atoms with Crippen LogP contribution in [0.1, 0.15) is 50.9 Å². The van der Waals surface area contributed by atoms with Crippen molar-refractivity contribution in [2.24, 2.45) is 0 Å². The van der Waals surface area contributed by atoms with Gasteiger partial charge in [-0.25, -0.2) is 0 Å². The Labute approximate surface area is 138 Å². The normalized spacial score (nSPS) is 22.0. The first-order chi connectivity index (χ1) is 10.7. The van der Waals surface area contributed by atoms with Gasteiger partial charge in [-0.05, 0) is 65.3 Å². The van der Waals surface area contributed by atoms with Crippen molar-refractivity contribution in [2.75, 3.05) is 13.1 Å². The monoisotopic (exact) mass is 320 g/mol. The second kappa shape index (κ2) is 6.89. The second-order valence-electron chi connectivity index (χ2n) is 7.34. The van der Waals surface area contributed by atoms with Gasteiger partial charge in [-0.15, -0.1) is 0 Å². The Morgan fingerprint density at radius 3 is 2.65 bits per heavy atom. The van der Waals surface area contributed by atoms with E-state index in [0.717, 1.165) is 19.4 Å². The maximum Gasteiger partial charge on any atom is 0.251 e. The minimum absolute atomic E-state index is 0.0926. The molecular weight excluding hydrogens is 292 g/mol. The number of hydrogen-bond donors (Lipinski definition) is 3. The van der Waals surface area contributed by atoms with E-state index in [1.807, 2.05) is 0 Å². The second-order valence-corrected chi connectivity index (χ2v) is 7.34. The minimum Gasteiger partial charge on any atom is -0.508 e. The van der Waals surface area contributed by atoms with Crippen molar-refractivity contribution in [1.29, 1.82) is 0 Å². The number of phenols is 1. The van der Waals surface area contributed by atoms with E-state index in [1.54, 1.807) is 18.2 Å². The number of carbonyl (C=O) groups excluding carboxylic acids is 1. The fourth-order valence-electron chi connectivity index (χ4n) is 3.20. The molecule has 2 rings (SSSR count). The molecule has 0 unspecified atom stereocenters. The molecule has 1 fully saturated rings. The van der Waals surface area contributed by atoms with Crippen LogP contribution >= 0.6 is 0 Å². The van der Waals surface area contributed by atoms with Gasteiger partial charge in [-0.2, -0.15) is 0 Å². The van der Waals surface area contributed by atoms with Crippen LogP contribution in [0.4, 0.5) is 0 Å². The summed E-state index contributed by atoms with van der Waals surface area (Å²) in [5.41, 5.74) is 0.212. The molecule has 5 nitrogen and oxygen atoms in total. The van der Waals surface area contributed by atoms with E-state index >= 15 is 0 Å². The molecule has 1 amide bonds. The molecule has 1 aromatic carbocycles. The number of aromatic hydroxyl groups is 1. The molecule has 5 heteroatoms. The standard InChI is InChI=1S/C18H28N2O3/c1-17(2)12-15(18(3,4)23-17)19-9-6-10-20-16(22)13-7-5-8-14(21)11-13/h5,7-8,11,15,19,21H,6,9-10,12H2,1-4H3,(H,20,22)/t15-/m0/s1. The number of hydrogen-bond acceptors (Lipinski definition) is 4. The van der Waals surface area contributed by atoms with Gasteiger partial charge >= 0.3 is 0 Å². The Morgan fingerprint density at radius 2 is 2.04 bits per heavy atom. The highest BCUT2D eigenvalue weighted by Gasteiger charge is 2.45. The maximum absolute atomic E-state index is 11.9. The van der Waals surface area contributed by atoms with Crippen LogP contribution in [0.15, 0.2) is 24.3 Å². The number of rotatable bonds is 6. The molecule has 3 N–H and O–H groups in total. The largest absolute Gasteiger partial charge is 0.508 e. The first-order valence-electron chi connectivity index (χ1n) is 8.20. The molecule has 1 saturated heterocycles. The van der Waals surface area contributed by atoms with Crippen LogP contribution in [-0.4, -0.2) is 41.3 Å². The summed E-state index contributed by atoms with van der Waals surface area (Å²) in [7, 11) is 0. The zero-order valence-electron chi connectivity index (χ0n) is 14.5. The van der Waals surface area contributed by atoms with E-state index in [9.17, 15) is 9.90 Å². The van der Waals surface area contributed by atoms with Gasteiger partial charge in [0, 0.05) is 18.2 Å². The Balaban J connectivity index is 1.69. The summed E-state index contributed by atoms with van der Waals surface area (Å²) in [5, 5.41) is 15.8. The molecule has 0 bridgehead atoms. The Morgan fingerprint density at radius 1 is 1.30 bits per heavy atom. The molecule has 0 spiro atoms. The van der Waals surface area contributed by atoms with Crippen LogP contribution in [0, 0.1) is 0 Å². The highest BCUT2D eigenvalue weighted by Crippen LogP contribution is 2.37. The van der Waals surface area contributed by atoms with Crippen LogP contribution < -0.4 is 10.6 Å². The van der Waals surface area contributed by atoms with Gasteiger partial charge in [0.25, 0.3) is 5.91 Å². The number of benzene rings is 1. The summed E-state index contributed by atoms with van der Waals surface area (Å²) < 4.78 is 6.06. The third-order valence-electron chi connectivity index (χ3n) is 4.21. The van der Waals surface area contributed by atoms with Crippen LogP contribution in [-0.2, 0) is 4.74 Å². The fraction of sp³-hybridized carbons (Fsp3) is 0.611. The number of ether oxygens (including phenoxy) is 1. The molecule has 1 aromatic rings. The molecule has 1 atom stereocenters. The van der Waals surface area contributed by atoms with Gasteiger partial charge in [0.05, 0.1) is 11.2 Å². The topological polar surface area (TPSA) is 70.6 Å². The average molecular weight is 320 g/mol. The fourth-order valence-corrected chi connectivity index (χ4v) is 3.20. The molecule has 1 heterocycles. The lowest BCUT2D eigenvalue weighted by Gasteiger charge is -2.27.